The van der Waals surface area contributed by atoms with Gasteiger partial charge in [0.1, 0.15) is 17.6 Å². The molecule has 0 unspecified atom stereocenters. The first-order chi connectivity index (χ1) is 14.6. The molecule has 3 aromatic rings. The third-order valence-corrected chi connectivity index (χ3v) is 3.90. The van der Waals surface area contributed by atoms with Crippen molar-refractivity contribution in [3.63, 3.8) is 0 Å². The summed E-state index contributed by atoms with van der Waals surface area (Å²) in [6.45, 7) is 0. The van der Waals surface area contributed by atoms with Gasteiger partial charge < -0.3 is 4.74 Å². The molecule has 1 N–H and O–H groups in total. The van der Waals surface area contributed by atoms with Crippen LogP contribution in [0.5, 0.6) is 5.75 Å². The number of benzene rings is 2. The molecule has 8 nitrogen and oxygen atoms in total. The lowest BCUT2D eigenvalue weighted by atomic mass is 10.1. The van der Waals surface area contributed by atoms with Gasteiger partial charge in [0.15, 0.2) is 10.9 Å². The molecule has 0 saturated carbocycles. The summed E-state index contributed by atoms with van der Waals surface area (Å²) in [6, 6.07) is 11.0. The number of ether oxygens (including phenoxy) is 1. The van der Waals surface area contributed by atoms with Crippen LogP contribution < -0.4 is 9.65 Å². The van der Waals surface area contributed by atoms with Crippen molar-refractivity contribution < 1.29 is 31.5 Å². The van der Waals surface area contributed by atoms with E-state index in [1.165, 1.54) is 23.1 Å². The lowest BCUT2D eigenvalue weighted by molar-refractivity contribution is -0.360. The number of alkyl halides is 5. The normalized spacial score (nSPS) is 11.6. The molecular weight excluding hydrogens is 427 g/mol. The summed E-state index contributed by atoms with van der Waals surface area (Å²) in [5.74, 6) is -0.917. The fourth-order valence-corrected chi connectivity index (χ4v) is 2.43. The molecule has 0 bridgehead atoms. The summed E-state index contributed by atoms with van der Waals surface area (Å²) < 4.78 is 67.6. The van der Waals surface area contributed by atoms with Crippen molar-refractivity contribution in [3.8, 4) is 22.8 Å². The fourth-order valence-electron chi connectivity index (χ4n) is 2.43. The lowest BCUT2D eigenvalue weighted by Gasteiger charge is -2.20. The SMILES string of the molecule is N=[N+]=NC(=O)Cc1ccc(-c2ncn(-c3ccc(OC(F)(F)C(F)(F)F)cc3)n2)cc1. The van der Waals surface area contributed by atoms with E-state index in [2.05, 4.69) is 24.8 Å². The number of carbonyl (C=O) groups is 1. The van der Waals surface area contributed by atoms with Crippen LogP contribution >= 0.6 is 0 Å². The van der Waals surface area contributed by atoms with E-state index in [4.69, 9.17) is 5.53 Å². The highest BCUT2D eigenvalue weighted by Crippen LogP contribution is 2.37. The molecular formula is C18H12F5N6O2+. The topological polar surface area (TPSA) is 107 Å². The van der Waals surface area contributed by atoms with Crippen LogP contribution in [0.4, 0.5) is 22.0 Å². The van der Waals surface area contributed by atoms with E-state index in [-0.39, 0.29) is 6.42 Å². The standard InChI is InChI=1S/C18H12F5N6O2/c19-17(20,21)18(22,23)31-14-7-5-13(6-8-14)29-10-25-16(27-29)12-3-1-11(2-4-12)9-15(30)26-28-24/h1-8,10,24H,9H2/q+1. The minimum atomic E-state index is -5.83. The van der Waals surface area contributed by atoms with Crippen LogP contribution in [-0.4, -0.2) is 33.0 Å². The van der Waals surface area contributed by atoms with Crippen LogP contribution in [0.15, 0.2) is 60.0 Å². The molecule has 0 aliphatic heterocycles. The summed E-state index contributed by atoms with van der Waals surface area (Å²) >= 11 is 0. The van der Waals surface area contributed by atoms with Gasteiger partial charge in [-0.15, -0.1) is 5.10 Å². The average molecular weight is 439 g/mol. The molecule has 3 rings (SSSR count). The van der Waals surface area contributed by atoms with Crippen LogP contribution in [0.1, 0.15) is 5.56 Å². The molecule has 13 heteroatoms. The number of hydrogen-bond acceptors (Lipinski definition) is 5. The quantitative estimate of drug-likeness (QED) is 0.355. The Morgan fingerprint density at radius 3 is 2.29 bits per heavy atom. The summed E-state index contributed by atoms with van der Waals surface area (Å²) in [6.07, 6.45) is -9.83. The Bertz CT molecular complexity index is 1120. The second-order valence-electron chi connectivity index (χ2n) is 6.09. The number of carbonyl (C=O) groups excluding carboxylic acids is 1. The van der Waals surface area contributed by atoms with E-state index in [1.807, 2.05) is 0 Å². The highest BCUT2D eigenvalue weighted by atomic mass is 19.4. The van der Waals surface area contributed by atoms with Crippen molar-refractivity contribution in [3.05, 3.63) is 60.4 Å². The molecule has 1 heterocycles. The lowest BCUT2D eigenvalue weighted by Crippen LogP contribution is -2.41. The van der Waals surface area contributed by atoms with Crippen LogP contribution in [0, 0.1) is 5.53 Å². The Hall–Kier alpha value is -3.99. The van der Waals surface area contributed by atoms with Gasteiger partial charge in [-0.1, -0.05) is 24.3 Å². The zero-order valence-corrected chi connectivity index (χ0v) is 15.3. The van der Waals surface area contributed by atoms with E-state index in [9.17, 15) is 26.7 Å². The number of halogens is 5. The molecule has 0 atom stereocenters. The van der Waals surface area contributed by atoms with Gasteiger partial charge >= 0.3 is 18.2 Å². The number of nitrogens with one attached hydrogen (secondary N) is 1. The minimum Gasteiger partial charge on any atom is -0.426 e. The number of nitrogens with zero attached hydrogens (tertiary/aromatic N) is 5. The maximum Gasteiger partial charge on any atom is 0.499 e. The minimum absolute atomic E-state index is 0.0215. The second kappa shape index (κ2) is 8.40. The molecule has 0 radical (unpaired) electrons. The summed E-state index contributed by atoms with van der Waals surface area (Å²) in [7, 11) is 0. The molecule has 0 aliphatic carbocycles. The Labute approximate surface area is 170 Å². The van der Waals surface area contributed by atoms with Crippen LogP contribution in [0.25, 0.3) is 17.1 Å². The zero-order valence-electron chi connectivity index (χ0n) is 15.3. The maximum absolute atomic E-state index is 13.0. The monoisotopic (exact) mass is 439 g/mol. The highest BCUT2D eigenvalue weighted by Gasteiger charge is 2.61. The van der Waals surface area contributed by atoms with Gasteiger partial charge in [-0.2, -0.15) is 22.0 Å². The third-order valence-electron chi connectivity index (χ3n) is 3.90. The molecule has 0 aliphatic rings. The Morgan fingerprint density at radius 1 is 1.06 bits per heavy atom. The van der Waals surface area contributed by atoms with Crippen LogP contribution in [0.3, 0.4) is 0 Å². The number of amides is 1. The molecule has 0 saturated heterocycles. The fraction of sp³-hybridized carbons (Fsp3) is 0.167. The van der Waals surface area contributed by atoms with Gasteiger partial charge in [0.05, 0.1) is 12.1 Å². The summed E-state index contributed by atoms with van der Waals surface area (Å²) in [4.78, 5) is 18.2. The van der Waals surface area contributed by atoms with Gasteiger partial charge in [0.2, 0.25) is 4.91 Å². The average Bonchev–Trinajstić information content (AvgIpc) is 3.18. The molecule has 31 heavy (non-hydrogen) atoms. The first-order valence-corrected chi connectivity index (χ1v) is 8.44. The highest BCUT2D eigenvalue weighted by molar-refractivity contribution is 5.78. The zero-order chi connectivity index (χ0) is 22.6. The molecule has 0 fully saturated rings. The van der Waals surface area contributed by atoms with Crippen LogP contribution in [-0.2, 0) is 11.2 Å². The maximum atomic E-state index is 13.0. The van der Waals surface area contributed by atoms with Crippen LogP contribution in [0.2, 0.25) is 0 Å². The summed E-state index contributed by atoms with van der Waals surface area (Å²) in [5.41, 5.74) is 8.14. The first-order valence-electron chi connectivity index (χ1n) is 8.44. The van der Waals surface area contributed by atoms with Crippen molar-refractivity contribution in [1.29, 1.82) is 5.53 Å². The number of rotatable bonds is 6. The van der Waals surface area contributed by atoms with Crippen molar-refractivity contribution in [2.24, 2.45) is 5.11 Å². The van der Waals surface area contributed by atoms with E-state index < -0.39 is 23.9 Å². The van der Waals surface area contributed by atoms with Crippen molar-refractivity contribution in [2.45, 2.75) is 18.7 Å². The molecule has 1 aromatic heterocycles. The first kappa shape index (κ1) is 21.7. The van der Waals surface area contributed by atoms with E-state index in [1.54, 1.807) is 24.3 Å². The number of hydrogen-bond donors (Lipinski definition) is 1. The van der Waals surface area contributed by atoms with Gasteiger partial charge in [-0.05, 0) is 29.8 Å². The van der Waals surface area contributed by atoms with E-state index in [0.717, 1.165) is 12.1 Å². The van der Waals surface area contributed by atoms with Crippen molar-refractivity contribution >= 4 is 5.91 Å². The predicted molar refractivity (Wildman–Crippen MR) is 94.4 cm³/mol. The smallest absolute Gasteiger partial charge is 0.426 e. The van der Waals surface area contributed by atoms with Gasteiger partial charge in [-0.25, -0.2) is 9.67 Å². The predicted octanol–water partition coefficient (Wildman–Crippen LogP) is 4.09. The van der Waals surface area contributed by atoms with Crippen molar-refractivity contribution in [2.75, 3.05) is 0 Å². The Morgan fingerprint density at radius 2 is 1.71 bits per heavy atom. The molecule has 2 aromatic carbocycles. The number of aromatic nitrogens is 3. The Kier molecular flexibility index (Phi) is 5.88. The summed E-state index contributed by atoms with van der Waals surface area (Å²) in [5, 5.41) is 7.32. The van der Waals surface area contributed by atoms with E-state index >= 15 is 0 Å². The largest absolute Gasteiger partial charge is 0.499 e. The van der Waals surface area contributed by atoms with Gasteiger partial charge in [0, 0.05) is 5.56 Å². The van der Waals surface area contributed by atoms with Gasteiger partial charge in [-0.3, -0.25) is 4.79 Å². The molecule has 1 amide bonds. The van der Waals surface area contributed by atoms with Crippen molar-refractivity contribution in [1.82, 2.24) is 19.7 Å². The molecule has 0 spiro atoms. The van der Waals surface area contributed by atoms with E-state index in [0.29, 0.717) is 22.6 Å². The third kappa shape index (κ3) is 5.14. The Balaban J connectivity index is 1.72. The molecule has 160 valence electrons. The van der Waals surface area contributed by atoms with Gasteiger partial charge in [0.25, 0.3) is 0 Å². The second-order valence-corrected chi connectivity index (χ2v) is 6.09.